The molecule has 1 aromatic carbocycles. The Morgan fingerprint density at radius 1 is 1.23 bits per heavy atom. The first-order valence-corrected chi connectivity index (χ1v) is 11.4. The average Bonchev–Trinajstić information content (AvgIpc) is 2.72. The molecule has 2 heterocycles. The van der Waals surface area contributed by atoms with E-state index in [0.717, 1.165) is 24.1 Å². The minimum Gasteiger partial charge on any atom is -0.481 e. The van der Waals surface area contributed by atoms with E-state index in [9.17, 15) is 14.7 Å². The van der Waals surface area contributed by atoms with Crippen molar-refractivity contribution in [1.82, 2.24) is 9.88 Å². The number of carbonyl (C=O) groups is 2. The number of nitrogens with zero attached hydrogens (tertiary/aromatic N) is 2. The number of hydrogen-bond donors (Lipinski definition) is 1. The number of amides is 1. The number of halogens is 2. The van der Waals surface area contributed by atoms with Crippen LogP contribution in [0.1, 0.15) is 69.7 Å². The number of carboxylic acid groups (broad SMARTS) is 1. The Bertz CT molecular complexity index is 946. The van der Waals surface area contributed by atoms with E-state index < -0.39 is 11.4 Å². The Morgan fingerprint density at radius 2 is 1.94 bits per heavy atom. The number of hydrogen-bond acceptors (Lipinski definition) is 3. The zero-order valence-electron chi connectivity index (χ0n) is 18.0. The molecule has 166 valence electrons. The van der Waals surface area contributed by atoms with Crippen LogP contribution < -0.4 is 0 Å². The highest BCUT2D eigenvalue weighted by Crippen LogP contribution is 2.52. The molecule has 31 heavy (non-hydrogen) atoms. The van der Waals surface area contributed by atoms with Gasteiger partial charge in [-0.1, -0.05) is 56.1 Å². The first-order valence-electron chi connectivity index (χ1n) is 10.6. The van der Waals surface area contributed by atoms with Crippen molar-refractivity contribution in [2.45, 2.75) is 64.5 Å². The lowest BCUT2D eigenvalue weighted by Gasteiger charge is -2.51. The lowest BCUT2D eigenvalue weighted by Crippen LogP contribution is -2.56. The summed E-state index contributed by atoms with van der Waals surface area (Å²) in [6, 6.07) is 10.8. The van der Waals surface area contributed by atoms with Gasteiger partial charge in [-0.3, -0.25) is 14.6 Å². The van der Waals surface area contributed by atoms with Gasteiger partial charge in [0.05, 0.1) is 28.6 Å². The van der Waals surface area contributed by atoms with Crippen LogP contribution in [0.2, 0.25) is 10.0 Å². The summed E-state index contributed by atoms with van der Waals surface area (Å²) in [6.07, 6.45) is 3.28. The molecule has 1 N–H and O–H groups in total. The maximum Gasteiger partial charge on any atom is 0.304 e. The molecule has 2 aromatic rings. The molecule has 1 aliphatic rings. The highest BCUT2D eigenvalue weighted by molar-refractivity contribution is 6.30. The van der Waals surface area contributed by atoms with E-state index >= 15 is 0 Å². The van der Waals surface area contributed by atoms with Crippen LogP contribution in [0.3, 0.4) is 0 Å². The van der Waals surface area contributed by atoms with E-state index in [-0.39, 0.29) is 30.3 Å². The number of benzene rings is 1. The Labute approximate surface area is 193 Å². The summed E-state index contributed by atoms with van der Waals surface area (Å²) in [6.45, 7) is 5.86. The smallest absolute Gasteiger partial charge is 0.304 e. The van der Waals surface area contributed by atoms with Crippen LogP contribution in [0, 0.1) is 5.41 Å². The number of piperidine rings is 1. The van der Waals surface area contributed by atoms with Crippen LogP contribution in [0.25, 0.3) is 0 Å². The number of carboxylic acids is 1. The van der Waals surface area contributed by atoms with Crippen LogP contribution >= 0.6 is 23.2 Å². The van der Waals surface area contributed by atoms with Crippen LogP contribution in [-0.2, 0) is 9.59 Å². The second-order valence-electron chi connectivity index (χ2n) is 8.53. The van der Waals surface area contributed by atoms with E-state index in [2.05, 4.69) is 4.98 Å². The fourth-order valence-corrected chi connectivity index (χ4v) is 5.13. The third-order valence-corrected chi connectivity index (χ3v) is 6.77. The standard InChI is InChI=1S/C24H28Cl2N2O3/c1-4-18(5-2)28-22(20-10-9-17(26)14-27-20)19(15-7-6-8-16(25)11-15)12-24(3,23(28)31)13-21(29)30/h6-11,14,18-19,22H,4-5,12-13H2,1-3H3,(H,29,30). The van der Waals surface area contributed by atoms with Gasteiger partial charge >= 0.3 is 5.97 Å². The number of pyridine rings is 1. The topological polar surface area (TPSA) is 70.5 Å². The molecular formula is C24H28Cl2N2O3. The number of aliphatic carboxylic acids is 1. The van der Waals surface area contributed by atoms with Crippen LogP contribution in [-0.4, -0.2) is 32.9 Å². The lowest BCUT2D eigenvalue weighted by atomic mass is 9.67. The molecule has 1 aliphatic heterocycles. The van der Waals surface area contributed by atoms with Gasteiger partial charge in [-0.2, -0.15) is 0 Å². The quantitative estimate of drug-likeness (QED) is 0.538. The Hall–Kier alpha value is -2.11. The Balaban J connectivity index is 2.22. The fourth-order valence-electron chi connectivity index (χ4n) is 4.82. The highest BCUT2D eigenvalue weighted by Gasteiger charge is 2.52. The number of carbonyl (C=O) groups excluding carboxylic acids is 1. The first kappa shape index (κ1) is 23.6. The van der Waals surface area contributed by atoms with Crippen LogP contribution in [0.5, 0.6) is 0 Å². The lowest BCUT2D eigenvalue weighted by molar-refractivity contribution is -0.160. The van der Waals surface area contributed by atoms with Crippen molar-refractivity contribution in [3.8, 4) is 0 Å². The van der Waals surface area contributed by atoms with Gasteiger partial charge in [-0.25, -0.2) is 0 Å². The van der Waals surface area contributed by atoms with Gasteiger partial charge < -0.3 is 10.0 Å². The second kappa shape index (κ2) is 9.58. The third-order valence-electron chi connectivity index (χ3n) is 6.31. The van der Waals surface area contributed by atoms with Gasteiger partial charge in [0.2, 0.25) is 5.91 Å². The molecule has 1 fully saturated rings. The van der Waals surface area contributed by atoms with Gasteiger partial charge in [0.1, 0.15) is 0 Å². The summed E-state index contributed by atoms with van der Waals surface area (Å²) in [5, 5.41) is 10.7. The SMILES string of the molecule is CCC(CC)N1C(=O)C(C)(CC(=O)O)CC(c2cccc(Cl)c2)C1c1ccc(Cl)cn1. The molecule has 3 unspecified atom stereocenters. The monoisotopic (exact) mass is 462 g/mol. The van der Waals surface area contributed by atoms with E-state index in [0.29, 0.717) is 16.5 Å². The van der Waals surface area contributed by atoms with Crippen molar-refractivity contribution in [2.24, 2.45) is 5.41 Å². The Kier molecular flexibility index (Phi) is 7.28. The largest absolute Gasteiger partial charge is 0.481 e. The second-order valence-corrected chi connectivity index (χ2v) is 9.40. The minimum absolute atomic E-state index is 0.0370. The molecule has 3 atom stereocenters. The molecular weight excluding hydrogens is 435 g/mol. The van der Waals surface area contributed by atoms with E-state index in [1.165, 1.54) is 0 Å². The third kappa shape index (κ3) is 4.88. The Morgan fingerprint density at radius 3 is 2.48 bits per heavy atom. The molecule has 0 radical (unpaired) electrons. The summed E-state index contributed by atoms with van der Waals surface area (Å²) < 4.78 is 0. The number of likely N-dealkylation sites (tertiary alicyclic amines) is 1. The molecule has 3 rings (SSSR count). The maximum absolute atomic E-state index is 13.8. The predicted octanol–water partition coefficient (Wildman–Crippen LogP) is 6.12. The van der Waals surface area contributed by atoms with Crippen LogP contribution in [0.15, 0.2) is 42.6 Å². The molecule has 1 saturated heterocycles. The van der Waals surface area contributed by atoms with Crippen molar-refractivity contribution in [1.29, 1.82) is 0 Å². The molecule has 0 bridgehead atoms. The summed E-state index contributed by atoms with van der Waals surface area (Å²) >= 11 is 12.4. The van der Waals surface area contributed by atoms with Gasteiger partial charge in [0, 0.05) is 23.2 Å². The number of aromatic nitrogens is 1. The van der Waals surface area contributed by atoms with Gasteiger partial charge in [-0.05, 0) is 49.1 Å². The average molecular weight is 463 g/mol. The van der Waals surface area contributed by atoms with Crippen molar-refractivity contribution >= 4 is 35.1 Å². The van der Waals surface area contributed by atoms with Crippen LogP contribution in [0.4, 0.5) is 0 Å². The highest BCUT2D eigenvalue weighted by atomic mass is 35.5. The molecule has 1 amide bonds. The zero-order valence-corrected chi connectivity index (χ0v) is 19.5. The van der Waals surface area contributed by atoms with Crippen molar-refractivity contribution < 1.29 is 14.7 Å². The molecule has 5 nitrogen and oxygen atoms in total. The van der Waals surface area contributed by atoms with Gasteiger partial charge in [0.15, 0.2) is 0 Å². The predicted molar refractivity (Wildman–Crippen MR) is 122 cm³/mol. The molecule has 1 aromatic heterocycles. The molecule has 7 heteroatoms. The minimum atomic E-state index is -1.02. The molecule has 0 spiro atoms. The molecule has 0 aliphatic carbocycles. The van der Waals surface area contributed by atoms with E-state index in [1.54, 1.807) is 19.2 Å². The summed E-state index contributed by atoms with van der Waals surface area (Å²) in [5.74, 6) is -1.27. The number of rotatable bonds is 7. The van der Waals surface area contributed by atoms with Crippen molar-refractivity contribution in [3.05, 3.63) is 63.9 Å². The van der Waals surface area contributed by atoms with Crippen molar-refractivity contribution in [2.75, 3.05) is 0 Å². The van der Waals surface area contributed by atoms with E-state index in [4.69, 9.17) is 23.2 Å². The summed E-state index contributed by atoms with van der Waals surface area (Å²) in [7, 11) is 0. The molecule has 0 saturated carbocycles. The normalized spacial score (nSPS) is 23.9. The maximum atomic E-state index is 13.8. The van der Waals surface area contributed by atoms with Crippen molar-refractivity contribution in [3.63, 3.8) is 0 Å². The first-order chi connectivity index (χ1) is 14.7. The van der Waals surface area contributed by atoms with E-state index in [1.807, 2.05) is 49.1 Å². The van der Waals surface area contributed by atoms with Gasteiger partial charge in [-0.15, -0.1) is 0 Å². The fraction of sp³-hybridized carbons (Fsp3) is 0.458. The summed E-state index contributed by atoms with van der Waals surface area (Å²) in [4.78, 5) is 32.0. The summed E-state index contributed by atoms with van der Waals surface area (Å²) in [5.41, 5.74) is 0.686. The van der Waals surface area contributed by atoms with Gasteiger partial charge in [0.25, 0.3) is 0 Å². The zero-order chi connectivity index (χ0) is 22.8.